The first-order valence-corrected chi connectivity index (χ1v) is 5.41. The Kier molecular flexibility index (Phi) is 3.33. The normalized spacial score (nSPS) is 10.2. The van der Waals surface area contributed by atoms with Crippen LogP contribution in [-0.2, 0) is 9.59 Å². The van der Waals surface area contributed by atoms with Gasteiger partial charge in [-0.1, -0.05) is 12.1 Å². The van der Waals surface area contributed by atoms with Crippen molar-refractivity contribution in [2.75, 3.05) is 0 Å². The van der Waals surface area contributed by atoms with E-state index in [2.05, 4.69) is 0 Å². The molecule has 0 unspecified atom stereocenters. The van der Waals surface area contributed by atoms with Gasteiger partial charge in [0, 0.05) is 13.8 Å². The summed E-state index contributed by atoms with van der Waals surface area (Å²) in [5, 5.41) is 0.231. The Balaban J connectivity index is 2.72. The highest BCUT2D eigenvalue weighted by molar-refractivity contribution is 5.81. The van der Waals surface area contributed by atoms with Gasteiger partial charge < -0.3 is 13.9 Å². The van der Waals surface area contributed by atoms with Crippen LogP contribution in [0.25, 0.3) is 11.0 Å². The first-order valence-electron chi connectivity index (χ1n) is 5.41. The maximum absolute atomic E-state index is 12.1. The molecule has 1 heterocycles. The SMILES string of the molecule is CC(=O)Oc1oc2ccccc2c(=O)c1OC(C)=O. The highest BCUT2D eigenvalue weighted by Gasteiger charge is 2.20. The van der Waals surface area contributed by atoms with E-state index in [1.165, 1.54) is 6.07 Å². The van der Waals surface area contributed by atoms with Crippen LogP contribution >= 0.6 is 0 Å². The van der Waals surface area contributed by atoms with Crippen molar-refractivity contribution in [2.45, 2.75) is 13.8 Å². The van der Waals surface area contributed by atoms with Gasteiger partial charge in [0.1, 0.15) is 5.58 Å². The third-order valence-electron chi connectivity index (χ3n) is 2.21. The summed E-state index contributed by atoms with van der Waals surface area (Å²) in [6.07, 6.45) is 0. The zero-order valence-corrected chi connectivity index (χ0v) is 10.3. The molecule has 0 saturated heterocycles. The summed E-state index contributed by atoms with van der Waals surface area (Å²) in [5.41, 5.74) is -0.340. The van der Waals surface area contributed by atoms with Gasteiger partial charge in [-0.3, -0.25) is 14.4 Å². The second-order valence-electron chi connectivity index (χ2n) is 3.73. The number of rotatable bonds is 2. The van der Waals surface area contributed by atoms with E-state index in [9.17, 15) is 14.4 Å². The van der Waals surface area contributed by atoms with Crippen molar-refractivity contribution in [1.29, 1.82) is 0 Å². The Morgan fingerprint density at radius 3 is 2.32 bits per heavy atom. The van der Waals surface area contributed by atoms with Crippen molar-refractivity contribution in [3.8, 4) is 11.7 Å². The van der Waals surface area contributed by atoms with Gasteiger partial charge in [-0.25, -0.2) is 0 Å². The molecule has 0 atom stereocenters. The van der Waals surface area contributed by atoms with Crippen molar-refractivity contribution in [2.24, 2.45) is 0 Å². The maximum Gasteiger partial charge on any atom is 0.341 e. The fourth-order valence-corrected chi connectivity index (χ4v) is 1.53. The van der Waals surface area contributed by atoms with Crippen molar-refractivity contribution in [3.05, 3.63) is 34.5 Å². The van der Waals surface area contributed by atoms with Crippen LogP contribution in [-0.4, -0.2) is 11.9 Å². The molecule has 0 aliphatic heterocycles. The maximum atomic E-state index is 12.1. The molecule has 0 radical (unpaired) electrons. The zero-order chi connectivity index (χ0) is 14.0. The Hall–Kier alpha value is -2.63. The number of hydrogen-bond acceptors (Lipinski definition) is 6. The molecule has 0 spiro atoms. The largest absolute Gasteiger partial charge is 0.422 e. The highest BCUT2D eigenvalue weighted by atomic mass is 16.6. The van der Waals surface area contributed by atoms with E-state index in [0.29, 0.717) is 0 Å². The number of carbonyl (C=O) groups excluding carboxylic acids is 2. The average Bonchev–Trinajstić information content (AvgIpc) is 2.33. The molecule has 0 N–H and O–H groups in total. The van der Waals surface area contributed by atoms with Crippen LogP contribution in [0.3, 0.4) is 0 Å². The predicted molar refractivity (Wildman–Crippen MR) is 65.1 cm³/mol. The number of fused-ring (bicyclic) bond motifs is 1. The standard InChI is InChI=1S/C13H10O6/c1-7(14)17-12-11(16)9-5-3-4-6-10(9)19-13(12)18-8(2)15/h3-6H,1-2H3. The van der Waals surface area contributed by atoms with Gasteiger partial charge in [0.05, 0.1) is 5.39 Å². The van der Waals surface area contributed by atoms with Gasteiger partial charge >= 0.3 is 17.9 Å². The van der Waals surface area contributed by atoms with Gasteiger partial charge in [0.2, 0.25) is 5.43 Å². The highest BCUT2D eigenvalue weighted by Crippen LogP contribution is 2.28. The molecule has 2 rings (SSSR count). The van der Waals surface area contributed by atoms with E-state index in [1.54, 1.807) is 18.2 Å². The van der Waals surface area contributed by atoms with Gasteiger partial charge in [0.25, 0.3) is 5.75 Å². The molecule has 98 valence electrons. The number of carbonyl (C=O) groups is 2. The van der Waals surface area contributed by atoms with Gasteiger partial charge in [-0.2, -0.15) is 0 Å². The van der Waals surface area contributed by atoms with E-state index in [-0.39, 0.29) is 11.0 Å². The summed E-state index contributed by atoms with van der Waals surface area (Å²) in [4.78, 5) is 34.1. The van der Waals surface area contributed by atoms with E-state index in [1.807, 2.05) is 0 Å². The molecule has 6 nitrogen and oxygen atoms in total. The predicted octanol–water partition coefficient (Wildman–Crippen LogP) is 1.64. The van der Waals surface area contributed by atoms with Crippen LogP contribution in [0.4, 0.5) is 0 Å². The van der Waals surface area contributed by atoms with E-state index in [4.69, 9.17) is 13.9 Å². The Labute approximate surface area is 107 Å². The van der Waals surface area contributed by atoms with Crippen LogP contribution in [0.1, 0.15) is 13.8 Å². The minimum absolute atomic E-state index is 0.231. The molecule has 6 heteroatoms. The lowest BCUT2D eigenvalue weighted by atomic mass is 10.2. The smallest absolute Gasteiger partial charge is 0.341 e. The van der Waals surface area contributed by atoms with E-state index in [0.717, 1.165) is 13.8 Å². The molecular weight excluding hydrogens is 252 g/mol. The second kappa shape index (κ2) is 4.93. The van der Waals surface area contributed by atoms with Gasteiger partial charge in [-0.05, 0) is 12.1 Å². The molecule has 1 aromatic carbocycles. The van der Waals surface area contributed by atoms with E-state index < -0.39 is 29.1 Å². The van der Waals surface area contributed by atoms with Crippen LogP contribution in [0.15, 0.2) is 33.5 Å². The molecular formula is C13H10O6. The minimum atomic E-state index is -0.712. The summed E-state index contributed by atoms with van der Waals surface area (Å²) >= 11 is 0. The molecule has 0 fully saturated rings. The third kappa shape index (κ3) is 2.62. The van der Waals surface area contributed by atoms with Crippen molar-refractivity contribution < 1.29 is 23.5 Å². The molecule has 0 aliphatic carbocycles. The molecule has 19 heavy (non-hydrogen) atoms. The monoisotopic (exact) mass is 262 g/mol. The fourth-order valence-electron chi connectivity index (χ4n) is 1.53. The molecule has 0 bridgehead atoms. The quantitative estimate of drug-likeness (QED) is 0.765. The second-order valence-corrected chi connectivity index (χ2v) is 3.73. The van der Waals surface area contributed by atoms with Crippen molar-refractivity contribution in [3.63, 3.8) is 0 Å². The lowest BCUT2D eigenvalue weighted by Gasteiger charge is -2.07. The van der Waals surface area contributed by atoms with E-state index >= 15 is 0 Å². The topological polar surface area (TPSA) is 82.8 Å². The summed E-state index contributed by atoms with van der Waals surface area (Å²) in [5.74, 6) is -2.25. The summed E-state index contributed by atoms with van der Waals surface area (Å²) < 4.78 is 14.8. The van der Waals surface area contributed by atoms with Crippen molar-refractivity contribution >= 4 is 22.9 Å². The van der Waals surface area contributed by atoms with Crippen LogP contribution in [0.5, 0.6) is 11.7 Å². The number of esters is 2. The van der Waals surface area contributed by atoms with Gasteiger partial charge in [0.15, 0.2) is 0 Å². The molecule has 1 aromatic heterocycles. The molecule has 0 amide bonds. The average molecular weight is 262 g/mol. The Bertz CT molecular complexity index is 713. The number of ether oxygens (including phenoxy) is 2. The first kappa shape index (κ1) is 12.8. The van der Waals surface area contributed by atoms with Crippen LogP contribution < -0.4 is 14.9 Å². The zero-order valence-electron chi connectivity index (χ0n) is 10.3. The van der Waals surface area contributed by atoms with Crippen LogP contribution in [0, 0.1) is 0 Å². The molecule has 0 aliphatic rings. The lowest BCUT2D eigenvalue weighted by molar-refractivity contribution is -0.135. The number of benzene rings is 1. The first-order chi connectivity index (χ1) is 8.99. The number of para-hydroxylation sites is 1. The summed E-state index contributed by atoms with van der Waals surface area (Å²) in [7, 11) is 0. The minimum Gasteiger partial charge on any atom is -0.422 e. The summed E-state index contributed by atoms with van der Waals surface area (Å²) in [6.45, 7) is 2.28. The summed E-state index contributed by atoms with van der Waals surface area (Å²) in [6, 6.07) is 6.36. The third-order valence-corrected chi connectivity index (χ3v) is 2.21. The Morgan fingerprint density at radius 1 is 1.05 bits per heavy atom. The lowest BCUT2D eigenvalue weighted by Crippen LogP contribution is -2.15. The van der Waals surface area contributed by atoms with Gasteiger partial charge in [-0.15, -0.1) is 0 Å². The number of hydrogen-bond donors (Lipinski definition) is 0. The fraction of sp³-hybridized carbons (Fsp3) is 0.154. The van der Waals surface area contributed by atoms with Crippen LogP contribution in [0.2, 0.25) is 0 Å². The van der Waals surface area contributed by atoms with Crippen molar-refractivity contribution in [1.82, 2.24) is 0 Å². The molecule has 0 saturated carbocycles. The molecule has 2 aromatic rings. The Morgan fingerprint density at radius 2 is 1.68 bits per heavy atom.